The quantitative estimate of drug-likeness (QED) is 0.338. The Hall–Kier alpha value is -4.47. The van der Waals surface area contributed by atoms with E-state index in [-0.39, 0.29) is 29.8 Å². The summed E-state index contributed by atoms with van der Waals surface area (Å²) in [6.07, 6.45) is 1.78. The van der Waals surface area contributed by atoms with Crippen molar-refractivity contribution in [2.45, 2.75) is 33.9 Å². The van der Waals surface area contributed by atoms with Crippen LogP contribution in [0.4, 0.5) is 5.69 Å². The number of hydrogen-bond acceptors (Lipinski definition) is 7. The molecule has 2 heterocycles. The minimum Gasteiger partial charge on any atom is -0.508 e. The summed E-state index contributed by atoms with van der Waals surface area (Å²) >= 11 is 0. The van der Waals surface area contributed by atoms with Gasteiger partial charge in [-0.25, -0.2) is 9.97 Å². The fourth-order valence-electron chi connectivity index (χ4n) is 4.16. The average Bonchev–Trinajstić information content (AvgIpc) is 3.24. The predicted molar refractivity (Wildman–Crippen MR) is 142 cm³/mol. The first-order valence-electron chi connectivity index (χ1n) is 12.0. The second-order valence-corrected chi connectivity index (χ2v) is 8.94. The molecule has 0 saturated heterocycles. The standard InChI is InChI=1S/C27H31N7O3/c1-6-34-17(3)19(13-30-34)15-33(5)27(37)25-22-12-21(35)7-8-23(22)31-26(32-25)18-9-16(2)10-20(11-18)29-14-24(36)28-4/h7-13,29,35H,6,14-15H2,1-5H3,(H,28,36). The summed E-state index contributed by atoms with van der Waals surface area (Å²) in [7, 11) is 3.30. The van der Waals surface area contributed by atoms with Gasteiger partial charge in [-0.05, 0) is 62.7 Å². The van der Waals surface area contributed by atoms with Gasteiger partial charge in [0, 0.05) is 55.1 Å². The lowest BCUT2D eigenvalue weighted by atomic mass is 10.1. The van der Waals surface area contributed by atoms with Crippen LogP contribution in [0.2, 0.25) is 0 Å². The van der Waals surface area contributed by atoms with E-state index in [9.17, 15) is 14.7 Å². The van der Waals surface area contributed by atoms with Crippen LogP contribution in [0.1, 0.15) is 34.2 Å². The van der Waals surface area contributed by atoms with Crippen LogP contribution in [-0.2, 0) is 17.9 Å². The number of carbonyl (C=O) groups is 2. The molecule has 4 aromatic rings. The molecule has 10 nitrogen and oxygen atoms in total. The fraction of sp³-hybridized carbons (Fsp3) is 0.296. The summed E-state index contributed by atoms with van der Waals surface area (Å²) in [5, 5.41) is 20.6. The molecule has 0 aliphatic rings. The van der Waals surface area contributed by atoms with Gasteiger partial charge in [-0.3, -0.25) is 14.3 Å². The molecule has 0 atom stereocenters. The number of phenolic OH excluding ortho intramolecular Hbond substituents is 1. The Morgan fingerprint density at radius 3 is 2.59 bits per heavy atom. The first kappa shape index (κ1) is 25.6. The average molecular weight is 502 g/mol. The van der Waals surface area contributed by atoms with Crippen LogP contribution in [0.15, 0.2) is 42.6 Å². The molecule has 4 rings (SSSR count). The Bertz CT molecular complexity index is 1480. The number of hydrogen-bond donors (Lipinski definition) is 3. The third-order valence-corrected chi connectivity index (χ3v) is 6.21. The van der Waals surface area contributed by atoms with Gasteiger partial charge in [-0.15, -0.1) is 0 Å². The van der Waals surface area contributed by atoms with E-state index in [2.05, 4.69) is 25.7 Å². The van der Waals surface area contributed by atoms with Crippen LogP contribution in [-0.4, -0.2) is 62.2 Å². The predicted octanol–water partition coefficient (Wildman–Crippen LogP) is 3.27. The van der Waals surface area contributed by atoms with Gasteiger partial charge in [0.1, 0.15) is 11.4 Å². The van der Waals surface area contributed by atoms with Crippen LogP contribution >= 0.6 is 0 Å². The van der Waals surface area contributed by atoms with E-state index in [4.69, 9.17) is 0 Å². The second kappa shape index (κ2) is 10.7. The molecule has 0 fully saturated rings. The van der Waals surface area contributed by atoms with Gasteiger partial charge in [0.15, 0.2) is 5.82 Å². The fourth-order valence-corrected chi connectivity index (χ4v) is 4.16. The first-order chi connectivity index (χ1) is 17.7. The number of fused-ring (bicyclic) bond motifs is 1. The van der Waals surface area contributed by atoms with Gasteiger partial charge in [0.2, 0.25) is 5.91 Å². The molecule has 10 heteroatoms. The molecule has 0 saturated carbocycles. The van der Waals surface area contributed by atoms with Gasteiger partial charge in [0.25, 0.3) is 5.91 Å². The molecular formula is C27H31N7O3. The van der Waals surface area contributed by atoms with Gasteiger partial charge in [-0.1, -0.05) is 0 Å². The van der Waals surface area contributed by atoms with Gasteiger partial charge in [-0.2, -0.15) is 5.10 Å². The molecule has 192 valence electrons. The number of benzene rings is 2. The van der Waals surface area contributed by atoms with Crippen molar-refractivity contribution in [2.24, 2.45) is 0 Å². The Labute approximate surface area is 215 Å². The molecule has 0 spiro atoms. The van der Waals surface area contributed by atoms with Crippen LogP contribution in [0.3, 0.4) is 0 Å². The van der Waals surface area contributed by atoms with Crippen molar-refractivity contribution < 1.29 is 14.7 Å². The van der Waals surface area contributed by atoms with Crippen LogP contribution < -0.4 is 10.6 Å². The van der Waals surface area contributed by atoms with Gasteiger partial charge >= 0.3 is 0 Å². The number of anilines is 1. The molecule has 0 radical (unpaired) electrons. The number of aryl methyl sites for hydroxylation is 2. The zero-order chi connectivity index (χ0) is 26.7. The number of carbonyl (C=O) groups excluding carboxylic acids is 2. The van der Waals surface area contributed by atoms with Gasteiger partial charge in [0.05, 0.1) is 18.3 Å². The maximum atomic E-state index is 13.7. The van der Waals surface area contributed by atoms with Crippen molar-refractivity contribution in [3.05, 3.63) is 65.1 Å². The van der Waals surface area contributed by atoms with Crippen molar-refractivity contribution in [3.8, 4) is 17.1 Å². The third kappa shape index (κ3) is 5.53. The molecule has 2 aromatic carbocycles. The van der Waals surface area contributed by atoms with Crippen LogP contribution in [0.5, 0.6) is 5.75 Å². The molecular weight excluding hydrogens is 470 g/mol. The second-order valence-electron chi connectivity index (χ2n) is 8.94. The summed E-state index contributed by atoms with van der Waals surface area (Å²) in [6, 6.07) is 10.4. The minimum atomic E-state index is -0.298. The molecule has 0 unspecified atom stereocenters. The number of likely N-dealkylation sites (N-methyl/N-ethyl adjacent to an activating group) is 1. The number of nitrogens with one attached hydrogen (secondary N) is 2. The Kier molecular flexibility index (Phi) is 7.37. The summed E-state index contributed by atoms with van der Waals surface area (Å²) in [4.78, 5) is 36.3. The van der Waals surface area contributed by atoms with E-state index in [0.717, 1.165) is 29.1 Å². The van der Waals surface area contributed by atoms with Crippen LogP contribution in [0, 0.1) is 13.8 Å². The van der Waals surface area contributed by atoms with E-state index in [1.165, 1.54) is 12.1 Å². The molecule has 3 N–H and O–H groups in total. The number of amides is 2. The normalized spacial score (nSPS) is 10.9. The lowest BCUT2D eigenvalue weighted by molar-refractivity contribution is -0.118. The molecule has 0 bridgehead atoms. The van der Waals surface area contributed by atoms with Gasteiger partial charge < -0.3 is 20.6 Å². The molecule has 0 aliphatic carbocycles. The highest BCUT2D eigenvalue weighted by Crippen LogP contribution is 2.28. The SMILES string of the molecule is CCn1ncc(CN(C)C(=O)c2nc(-c3cc(C)cc(NCC(=O)NC)c3)nc3ccc(O)cc23)c1C. The third-order valence-electron chi connectivity index (χ3n) is 6.21. The minimum absolute atomic E-state index is 0.0249. The smallest absolute Gasteiger partial charge is 0.273 e. The molecule has 2 amide bonds. The Morgan fingerprint density at radius 2 is 1.89 bits per heavy atom. The summed E-state index contributed by atoms with van der Waals surface area (Å²) in [5.74, 6) is -0.0394. The van der Waals surface area contributed by atoms with Crippen molar-refractivity contribution in [1.82, 2.24) is 30.0 Å². The van der Waals surface area contributed by atoms with Crippen molar-refractivity contribution in [3.63, 3.8) is 0 Å². The summed E-state index contributed by atoms with van der Waals surface area (Å²) in [6.45, 7) is 7.17. The Balaban J connectivity index is 1.74. The largest absolute Gasteiger partial charge is 0.508 e. The lowest BCUT2D eigenvalue weighted by Gasteiger charge is -2.18. The number of aromatic nitrogens is 4. The van der Waals surface area contributed by atoms with Crippen molar-refractivity contribution >= 4 is 28.4 Å². The number of phenols is 1. The van der Waals surface area contributed by atoms with Crippen molar-refractivity contribution in [2.75, 3.05) is 26.0 Å². The van der Waals surface area contributed by atoms with Crippen molar-refractivity contribution in [1.29, 1.82) is 0 Å². The topological polar surface area (TPSA) is 125 Å². The molecule has 37 heavy (non-hydrogen) atoms. The number of rotatable bonds is 8. The molecule has 0 aliphatic heterocycles. The Morgan fingerprint density at radius 1 is 1.11 bits per heavy atom. The zero-order valence-electron chi connectivity index (χ0n) is 21.7. The number of nitrogens with zero attached hydrogens (tertiary/aromatic N) is 5. The number of aromatic hydroxyl groups is 1. The van der Waals surface area contributed by atoms with E-state index in [1.807, 2.05) is 43.7 Å². The highest BCUT2D eigenvalue weighted by atomic mass is 16.3. The molecule has 2 aromatic heterocycles. The maximum Gasteiger partial charge on any atom is 0.273 e. The van der Waals surface area contributed by atoms with E-state index in [1.54, 1.807) is 31.3 Å². The highest BCUT2D eigenvalue weighted by molar-refractivity contribution is 6.05. The highest BCUT2D eigenvalue weighted by Gasteiger charge is 2.21. The summed E-state index contributed by atoms with van der Waals surface area (Å²) in [5.41, 5.74) is 5.07. The monoisotopic (exact) mass is 501 g/mol. The van der Waals surface area contributed by atoms with E-state index < -0.39 is 0 Å². The van der Waals surface area contributed by atoms with Crippen LogP contribution in [0.25, 0.3) is 22.3 Å². The zero-order valence-corrected chi connectivity index (χ0v) is 21.7. The van der Waals surface area contributed by atoms with E-state index >= 15 is 0 Å². The lowest BCUT2D eigenvalue weighted by Crippen LogP contribution is -2.28. The van der Waals surface area contributed by atoms with E-state index in [0.29, 0.717) is 28.8 Å². The first-order valence-corrected chi connectivity index (χ1v) is 12.0. The maximum absolute atomic E-state index is 13.7. The summed E-state index contributed by atoms with van der Waals surface area (Å²) < 4.78 is 1.89.